The lowest BCUT2D eigenvalue weighted by Gasteiger charge is -2.12. The van der Waals surface area contributed by atoms with Gasteiger partial charge in [-0.1, -0.05) is 29.8 Å². The van der Waals surface area contributed by atoms with Gasteiger partial charge in [0.05, 0.1) is 17.7 Å². The molecular formula is C20H20ClN3O2. The summed E-state index contributed by atoms with van der Waals surface area (Å²) in [4.78, 5) is 16.4. The number of urea groups is 1. The molecule has 2 N–H and O–H groups in total. The molecule has 0 aliphatic rings. The lowest BCUT2D eigenvalue weighted by molar-refractivity contribution is 0.247. The number of halogens is 1. The number of anilines is 1. The van der Waals surface area contributed by atoms with Crippen molar-refractivity contribution in [2.75, 3.05) is 18.5 Å². The van der Waals surface area contributed by atoms with Gasteiger partial charge in [0.2, 0.25) is 0 Å². The first-order chi connectivity index (χ1) is 12.5. The van der Waals surface area contributed by atoms with Gasteiger partial charge in [-0.05, 0) is 49.2 Å². The number of carbonyl (C=O) groups is 1. The van der Waals surface area contributed by atoms with Crippen LogP contribution in [-0.4, -0.2) is 24.2 Å². The number of nitrogens with zero attached hydrogens (tertiary/aromatic N) is 1. The number of amides is 2. The Bertz CT molecular complexity index is 915. The third-order valence-electron chi connectivity index (χ3n) is 3.95. The highest BCUT2D eigenvalue weighted by Gasteiger charge is 2.07. The van der Waals surface area contributed by atoms with Crippen LogP contribution in [0.3, 0.4) is 0 Å². The van der Waals surface area contributed by atoms with E-state index in [1.807, 2.05) is 56.3 Å². The van der Waals surface area contributed by atoms with Crippen molar-refractivity contribution >= 4 is 34.2 Å². The molecule has 134 valence electrons. The van der Waals surface area contributed by atoms with E-state index in [0.29, 0.717) is 18.8 Å². The van der Waals surface area contributed by atoms with Crippen LogP contribution in [0.25, 0.3) is 10.9 Å². The fourth-order valence-corrected chi connectivity index (χ4v) is 2.80. The summed E-state index contributed by atoms with van der Waals surface area (Å²) in [5, 5.41) is 7.32. The number of hydrogen-bond acceptors (Lipinski definition) is 3. The summed E-state index contributed by atoms with van der Waals surface area (Å²) in [6.45, 7) is 4.62. The highest BCUT2D eigenvalue weighted by Crippen LogP contribution is 2.25. The predicted molar refractivity (Wildman–Crippen MR) is 105 cm³/mol. The van der Waals surface area contributed by atoms with Crippen molar-refractivity contribution in [3.8, 4) is 5.75 Å². The molecule has 1 heterocycles. The number of ether oxygens (including phenoxy) is 1. The van der Waals surface area contributed by atoms with Gasteiger partial charge in [-0.25, -0.2) is 4.79 Å². The number of para-hydroxylation sites is 1. The molecule has 0 aliphatic carbocycles. The summed E-state index contributed by atoms with van der Waals surface area (Å²) in [5.74, 6) is 0.741. The number of aryl methyl sites for hydroxylation is 2. The highest BCUT2D eigenvalue weighted by atomic mass is 35.5. The van der Waals surface area contributed by atoms with Crippen LogP contribution in [0.15, 0.2) is 48.7 Å². The van der Waals surface area contributed by atoms with Crippen LogP contribution in [0.5, 0.6) is 5.75 Å². The Labute approximate surface area is 157 Å². The number of pyridine rings is 1. The maximum absolute atomic E-state index is 12.1. The Kier molecular flexibility index (Phi) is 5.58. The number of carbonyl (C=O) groups excluding carboxylic acids is 1. The van der Waals surface area contributed by atoms with Crippen molar-refractivity contribution in [3.63, 3.8) is 0 Å². The van der Waals surface area contributed by atoms with E-state index in [2.05, 4.69) is 15.6 Å². The summed E-state index contributed by atoms with van der Waals surface area (Å²) in [6.07, 6.45) is 1.70. The van der Waals surface area contributed by atoms with E-state index in [0.717, 1.165) is 32.8 Å². The first-order valence-corrected chi connectivity index (χ1v) is 8.70. The Morgan fingerprint density at radius 3 is 2.65 bits per heavy atom. The van der Waals surface area contributed by atoms with Gasteiger partial charge in [-0.3, -0.25) is 4.98 Å². The number of nitrogens with one attached hydrogen (secondary N) is 2. The van der Waals surface area contributed by atoms with Crippen molar-refractivity contribution in [2.45, 2.75) is 13.8 Å². The van der Waals surface area contributed by atoms with E-state index in [1.165, 1.54) is 0 Å². The molecule has 5 nitrogen and oxygen atoms in total. The predicted octanol–water partition coefficient (Wildman–Crippen LogP) is 4.71. The largest absolute Gasteiger partial charge is 0.492 e. The van der Waals surface area contributed by atoms with Crippen molar-refractivity contribution < 1.29 is 9.53 Å². The molecule has 0 atom stereocenters. The van der Waals surface area contributed by atoms with Crippen LogP contribution >= 0.6 is 11.6 Å². The summed E-state index contributed by atoms with van der Waals surface area (Å²) in [6, 6.07) is 13.0. The second-order valence-corrected chi connectivity index (χ2v) is 6.36. The SMILES string of the molecule is Cc1cc(OCCNC(=O)Nc2cccc3cccnc23)cc(C)c1Cl. The number of fused-ring (bicyclic) bond motifs is 1. The zero-order valence-corrected chi connectivity index (χ0v) is 15.4. The quantitative estimate of drug-likeness (QED) is 0.640. The van der Waals surface area contributed by atoms with Crippen LogP contribution in [0, 0.1) is 13.8 Å². The molecule has 2 aromatic carbocycles. The first-order valence-electron chi connectivity index (χ1n) is 8.33. The number of rotatable bonds is 5. The summed E-state index contributed by atoms with van der Waals surface area (Å²) in [5.41, 5.74) is 3.37. The van der Waals surface area contributed by atoms with Gasteiger partial charge in [0.15, 0.2) is 0 Å². The smallest absolute Gasteiger partial charge is 0.319 e. The van der Waals surface area contributed by atoms with Gasteiger partial charge < -0.3 is 15.4 Å². The molecule has 1 aromatic heterocycles. The third-order valence-corrected chi connectivity index (χ3v) is 4.54. The van der Waals surface area contributed by atoms with Gasteiger partial charge in [0.25, 0.3) is 0 Å². The molecule has 0 radical (unpaired) electrons. The van der Waals surface area contributed by atoms with E-state index in [4.69, 9.17) is 16.3 Å². The van der Waals surface area contributed by atoms with Crippen molar-refractivity contribution in [1.82, 2.24) is 10.3 Å². The highest BCUT2D eigenvalue weighted by molar-refractivity contribution is 6.32. The van der Waals surface area contributed by atoms with E-state index < -0.39 is 0 Å². The van der Waals surface area contributed by atoms with Crippen molar-refractivity contribution in [3.05, 3.63) is 64.8 Å². The van der Waals surface area contributed by atoms with Crippen molar-refractivity contribution in [1.29, 1.82) is 0 Å². The van der Waals surface area contributed by atoms with Crippen LogP contribution < -0.4 is 15.4 Å². The van der Waals surface area contributed by atoms with E-state index in [1.54, 1.807) is 6.20 Å². The second kappa shape index (κ2) is 8.06. The summed E-state index contributed by atoms with van der Waals surface area (Å²) >= 11 is 6.15. The molecule has 3 rings (SSSR count). The van der Waals surface area contributed by atoms with E-state index in [9.17, 15) is 4.79 Å². The van der Waals surface area contributed by atoms with Gasteiger partial charge in [-0.2, -0.15) is 0 Å². The van der Waals surface area contributed by atoms with Gasteiger partial charge >= 0.3 is 6.03 Å². The molecule has 6 heteroatoms. The second-order valence-electron chi connectivity index (χ2n) is 5.98. The molecule has 3 aromatic rings. The van der Waals surface area contributed by atoms with E-state index >= 15 is 0 Å². The zero-order valence-electron chi connectivity index (χ0n) is 14.7. The van der Waals surface area contributed by atoms with E-state index in [-0.39, 0.29) is 6.03 Å². The van der Waals surface area contributed by atoms with Gasteiger partial charge in [0, 0.05) is 16.6 Å². The van der Waals surface area contributed by atoms with Gasteiger partial charge in [0.1, 0.15) is 12.4 Å². The van der Waals surface area contributed by atoms with Crippen molar-refractivity contribution in [2.24, 2.45) is 0 Å². The molecule has 0 saturated heterocycles. The minimum Gasteiger partial charge on any atom is -0.492 e. The fraction of sp³-hybridized carbons (Fsp3) is 0.200. The number of hydrogen-bond donors (Lipinski definition) is 2. The Balaban J connectivity index is 1.52. The topological polar surface area (TPSA) is 63.2 Å². The molecular weight excluding hydrogens is 350 g/mol. The molecule has 0 spiro atoms. The number of benzene rings is 2. The summed E-state index contributed by atoms with van der Waals surface area (Å²) < 4.78 is 5.68. The lowest BCUT2D eigenvalue weighted by atomic mass is 10.1. The normalized spacial score (nSPS) is 10.6. The molecule has 26 heavy (non-hydrogen) atoms. The van der Waals surface area contributed by atoms with Gasteiger partial charge in [-0.15, -0.1) is 0 Å². The minimum atomic E-state index is -0.296. The van der Waals surface area contributed by atoms with Crippen LogP contribution in [0.2, 0.25) is 5.02 Å². The Morgan fingerprint density at radius 2 is 1.88 bits per heavy atom. The average Bonchev–Trinajstić information content (AvgIpc) is 2.63. The molecule has 2 amide bonds. The maximum Gasteiger partial charge on any atom is 0.319 e. The fourth-order valence-electron chi connectivity index (χ4n) is 2.69. The number of aromatic nitrogens is 1. The lowest BCUT2D eigenvalue weighted by Crippen LogP contribution is -2.32. The third kappa shape index (κ3) is 4.24. The Morgan fingerprint density at radius 1 is 1.15 bits per heavy atom. The monoisotopic (exact) mass is 369 g/mol. The van der Waals surface area contributed by atoms with Crippen LogP contribution in [0.4, 0.5) is 10.5 Å². The molecule has 0 bridgehead atoms. The maximum atomic E-state index is 12.1. The molecule has 0 unspecified atom stereocenters. The van der Waals surface area contributed by atoms with Crippen LogP contribution in [-0.2, 0) is 0 Å². The first kappa shape index (κ1) is 18.0. The summed E-state index contributed by atoms with van der Waals surface area (Å²) in [7, 11) is 0. The van der Waals surface area contributed by atoms with Crippen LogP contribution in [0.1, 0.15) is 11.1 Å². The minimum absolute atomic E-state index is 0.296. The molecule has 0 fully saturated rings. The standard InChI is InChI=1S/C20H20ClN3O2/c1-13-11-16(12-14(2)18(13)21)26-10-9-23-20(25)24-17-7-3-5-15-6-4-8-22-19(15)17/h3-8,11-12H,9-10H2,1-2H3,(H2,23,24,25). The molecule has 0 saturated carbocycles. The Hall–Kier alpha value is -2.79. The zero-order chi connectivity index (χ0) is 18.5. The average molecular weight is 370 g/mol. The molecule has 0 aliphatic heterocycles.